The minimum absolute atomic E-state index is 0.0835. The molecule has 0 fully saturated rings. The second-order valence-corrected chi connectivity index (χ2v) is 4.09. The number of aliphatic hydroxyl groups is 1. The van der Waals surface area contributed by atoms with E-state index >= 15 is 0 Å². The molecule has 1 aromatic carbocycles. The van der Waals surface area contributed by atoms with Crippen molar-refractivity contribution in [2.24, 2.45) is 5.92 Å². The maximum atomic E-state index is 9.28. The third-order valence-corrected chi connectivity index (χ3v) is 2.72. The molecule has 0 aliphatic carbocycles. The van der Waals surface area contributed by atoms with E-state index in [-0.39, 0.29) is 12.6 Å². The minimum atomic E-state index is 0.0835. The van der Waals surface area contributed by atoms with Crippen LogP contribution < -0.4 is 5.32 Å². The average molecular weight is 223 g/mol. The van der Waals surface area contributed by atoms with Crippen LogP contribution in [0.2, 0.25) is 0 Å². The van der Waals surface area contributed by atoms with Crippen LogP contribution in [0.15, 0.2) is 30.3 Å². The predicted octanol–water partition coefficient (Wildman–Crippen LogP) is 1.42. The normalized spacial score (nSPS) is 14.7. The van der Waals surface area contributed by atoms with Crippen molar-refractivity contribution in [1.29, 1.82) is 0 Å². The molecule has 1 aromatic rings. The molecule has 0 amide bonds. The number of nitrogens with one attached hydrogen (secondary N) is 1. The van der Waals surface area contributed by atoms with E-state index in [1.807, 2.05) is 18.2 Å². The molecule has 0 radical (unpaired) electrons. The average Bonchev–Trinajstić information content (AvgIpc) is 2.31. The van der Waals surface area contributed by atoms with Gasteiger partial charge in [-0.2, -0.15) is 0 Å². The second-order valence-electron chi connectivity index (χ2n) is 4.09. The smallest absolute Gasteiger partial charge is 0.0588 e. The molecule has 0 aliphatic heterocycles. The van der Waals surface area contributed by atoms with Crippen molar-refractivity contribution in [1.82, 2.24) is 5.32 Å². The number of ether oxygens (including phenoxy) is 1. The summed E-state index contributed by atoms with van der Waals surface area (Å²) in [5.41, 5.74) is 1.23. The van der Waals surface area contributed by atoms with Crippen LogP contribution in [0.5, 0.6) is 0 Å². The van der Waals surface area contributed by atoms with Gasteiger partial charge in [-0.1, -0.05) is 37.3 Å². The van der Waals surface area contributed by atoms with Gasteiger partial charge in [-0.3, -0.25) is 0 Å². The van der Waals surface area contributed by atoms with E-state index in [0.717, 1.165) is 6.54 Å². The Morgan fingerprint density at radius 1 is 1.31 bits per heavy atom. The van der Waals surface area contributed by atoms with Gasteiger partial charge < -0.3 is 15.2 Å². The topological polar surface area (TPSA) is 41.5 Å². The van der Waals surface area contributed by atoms with Crippen LogP contribution in [0.3, 0.4) is 0 Å². The first kappa shape index (κ1) is 13.2. The summed E-state index contributed by atoms with van der Waals surface area (Å²) in [6.45, 7) is 3.65. The van der Waals surface area contributed by atoms with E-state index in [2.05, 4.69) is 24.4 Å². The van der Waals surface area contributed by atoms with Crippen LogP contribution in [0.4, 0.5) is 0 Å². The quantitative estimate of drug-likeness (QED) is 0.734. The molecule has 2 N–H and O–H groups in total. The molecular weight excluding hydrogens is 202 g/mol. The zero-order valence-electron chi connectivity index (χ0n) is 10.0. The SMILES string of the molecule is COCC(C)C(CO)NCc1ccccc1. The van der Waals surface area contributed by atoms with Crippen molar-refractivity contribution >= 4 is 0 Å². The van der Waals surface area contributed by atoms with Crippen molar-refractivity contribution in [3.63, 3.8) is 0 Å². The first-order valence-corrected chi connectivity index (χ1v) is 5.65. The van der Waals surface area contributed by atoms with Gasteiger partial charge >= 0.3 is 0 Å². The Hall–Kier alpha value is -0.900. The van der Waals surface area contributed by atoms with E-state index in [4.69, 9.17) is 4.74 Å². The van der Waals surface area contributed by atoms with E-state index in [0.29, 0.717) is 12.5 Å². The van der Waals surface area contributed by atoms with Crippen LogP contribution in [0.1, 0.15) is 12.5 Å². The molecule has 1 rings (SSSR count). The highest BCUT2D eigenvalue weighted by molar-refractivity contribution is 5.14. The Morgan fingerprint density at radius 2 is 2.00 bits per heavy atom. The van der Waals surface area contributed by atoms with Crippen molar-refractivity contribution in [3.05, 3.63) is 35.9 Å². The van der Waals surface area contributed by atoms with Gasteiger partial charge in [0.15, 0.2) is 0 Å². The van der Waals surface area contributed by atoms with Crippen molar-refractivity contribution in [2.75, 3.05) is 20.3 Å². The summed E-state index contributed by atoms with van der Waals surface area (Å²) in [6, 6.07) is 10.3. The first-order valence-electron chi connectivity index (χ1n) is 5.65. The van der Waals surface area contributed by atoms with Gasteiger partial charge in [0.05, 0.1) is 13.2 Å². The molecule has 0 heterocycles. The van der Waals surface area contributed by atoms with Crippen LogP contribution in [-0.2, 0) is 11.3 Å². The fraction of sp³-hybridized carbons (Fsp3) is 0.538. The zero-order chi connectivity index (χ0) is 11.8. The van der Waals surface area contributed by atoms with Crippen LogP contribution in [-0.4, -0.2) is 31.5 Å². The predicted molar refractivity (Wildman–Crippen MR) is 65.2 cm³/mol. The fourth-order valence-corrected chi connectivity index (χ4v) is 1.67. The molecule has 0 saturated heterocycles. The summed E-state index contributed by atoms with van der Waals surface area (Å²) in [6.07, 6.45) is 0. The van der Waals surface area contributed by atoms with Gasteiger partial charge in [-0.15, -0.1) is 0 Å². The summed E-state index contributed by atoms with van der Waals surface area (Å²) < 4.78 is 5.09. The monoisotopic (exact) mass is 223 g/mol. The minimum Gasteiger partial charge on any atom is -0.395 e. The van der Waals surface area contributed by atoms with Crippen molar-refractivity contribution in [3.8, 4) is 0 Å². The molecule has 2 atom stereocenters. The van der Waals surface area contributed by atoms with E-state index in [1.165, 1.54) is 5.56 Å². The zero-order valence-corrected chi connectivity index (χ0v) is 10.0. The van der Waals surface area contributed by atoms with Crippen LogP contribution in [0, 0.1) is 5.92 Å². The van der Waals surface area contributed by atoms with Crippen LogP contribution in [0.25, 0.3) is 0 Å². The summed E-state index contributed by atoms with van der Waals surface area (Å²) in [4.78, 5) is 0. The summed E-state index contributed by atoms with van der Waals surface area (Å²) >= 11 is 0. The van der Waals surface area contributed by atoms with Gasteiger partial charge in [0.1, 0.15) is 0 Å². The third kappa shape index (κ3) is 4.31. The molecule has 16 heavy (non-hydrogen) atoms. The summed E-state index contributed by atoms with van der Waals surface area (Å²) in [5, 5.41) is 12.6. The number of rotatable bonds is 7. The lowest BCUT2D eigenvalue weighted by atomic mass is 10.0. The molecule has 0 aliphatic rings. The van der Waals surface area contributed by atoms with Crippen LogP contribution >= 0.6 is 0 Å². The number of aliphatic hydroxyl groups excluding tert-OH is 1. The highest BCUT2D eigenvalue weighted by Gasteiger charge is 2.15. The fourth-order valence-electron chi connectivity index (χ4n) is 1.67. The summed E-state index contributed by atoms with van der Waals surface area (Å²) in [5.74, 6) is 0.304. The Bertz CT molecular complexity index is 277. The maximum absolute atomic E-state index is 9.28. The summed E-state index contributed by atoms with van der Waals surface area (Å²) in [7, 11) is 1.68. The van der Waals surface area contributed by atoms with Gasteiger partial charge in [-0.05, 0) is 11.5 Å². The highest BCUT2D eigenvalue weighted by Crippen LogP contribution is 2.05. The van der Waals surface area contributed by atoms with Crippen molar-refractivity contribution in [2.45, 2.75) is 19.5 Å². The Kier molecular flexibility index (Phi) is 6.08. The molecular formula is C13H21NO2. The van der Waals surface area contributed by atoms with Gasteiger partial charge in [0, 0.05) is 19.7 Å². The standard InChI is InChI=1S/C13H21NO2/c1-11(10-16-2)13(9-15)14-8-12-6-4-3-5-7-12/h3-7,11,13-15H,8-10H2,1-2H3. The molecule has 3 nitrogen and oxygen atoms in total. The van der Waals surface area contributed by atoms with Gasteiger partial charge in [-0.25, -0.2) is 0 Å². The number of methoxy groups -OCH3 is 1. The van der Waals surface area contributed by atoms with Crippen molar-refractivity contribution < 1.29 is 9.84 Å². The Morgan fingerprint density at radius 3 is 2.56 bits per heavy atom. The third-order valence-electron chi connectivity index (χ3n) is 2.72. The van der Waals surface area contributed by atoms with E-state index in [1.54, 1.807) is 7.11 Å². The lowest BCUT2D eigenvalue weighted by Crippen LogP contribution is -2.39. The molecule has 2 unspecified atom stereocenters. The maximum Gasteiger partial charge on any atom is 0.0588 e. The lowest BCUT2D eigenvalue weighted by Gasteiger charge is -2.22. The largest absolute Gasteiger partial charge is 0.395 e. The van der Waals surface area contributed by atoms with Gasteiger partial charge in [0.25, 0.3) is 0 Å². The first-order chi connectivity index (χ1) is 7.77. The second kappa shape index (κ2) is 7.39. The molecule has 0 saturated carbocycles. The van der Waals surface area contributed by atoms with E-state index in [9.17, 15) is 5.11 Å². The number of benzene rings is 1. The van der Waals surface area contributed by atoms with Gasteiger partial charge in [0.2, 0.25) is 0 Å². The molecule has 3 heteroatoms. The molecule has 0 bridgehead atoms. The molecule has 0 spiro atoms. The Balaban J connectivity index is 2.39. The number of hydrogen-bond donors (Lipinski definition) is 2. The molecule has 90 valence electrons. The highest BCUT2D eigenvalue weighted by atomic mass is 16.5. The Labute approximate surface area is 97.4 Å². The molecule has 0 aromatic heterocycles. The lowest BCUT2D eigenvalue weighted by molar-refractivity contribution is 0.114. The van der Waals surface area contributed by atoms with E-state index < -0.39 is 0 Å². The number of hydrogen-bond acceptors (Lipinski definition) is 3.